The summed E-state index contributed by atoms with van der Waals surface area (Å²) < 4.78 is 5.40. The van der Waals surface area contributed by atoms with Crippen molar-refractivity contribution in [2.45, 2.75) is 24.9 Å². The minimum Gasteiger partial charge on any atom is -0.375 e. The van der Waals surface area contributed by atoms with Gasteiger partial charge < -0.3 is 4.74 Å². The molecule has 1 heteroatoms. The molecule has 1 nitrogen and oxygen atoms in total. The third kappa shape index (κ3) is 1.55. The highest BCUT2D eigenvalue weighted by Crippen LogP contribution is 2.27. The normalized spacial score (nSPS) is 34.8. The first-order valence-corrected chi connectivity index (χ1v) is 3.37. The SMILES string of the molecule is [CH2]C1(CC=C)CCCO1. The Morgan fingerprint density at radius 1 is 1.67 bits per heavy atom. The Balaban J connectivity index is 2.40. The van der Waals surface area contributed by atoms with Crippen LogP contribution in [0.25, 0.3) is 0 Å². The van der Waals surface area contributed by atoms with Crippen LogP contribution in [0.15, 0.2) is 12.7 Å². The maximum absolute atomic E-state index is 5.40. The Labute approximate surface area is 56.7 Å². The molecule has 1 aliphatic heterocycles. The number of hydrogen-bond acceptors (Lipinski definition) is 1. The molecule has 1 fully saturated rings. The Hall–Kier alpha value is -0.300. The van der Waals surface area contributed by atoms with Crippen molar-refractivity contribution in [2.24, 2.45) is 0 Å². The first-order valence-electron chi connectivity index (χ1n) is 3.37. The zero-order valence-electron chi connectivity index (χ0n) is 5.73. The van der Waals surface area contributed by atoms with Crippen LogP contribution < -0.4 is 0 Å². The number of hydrogen-bond donors (Lipinski definition) is 0. The predicted octanol–water partition coefficient (Wildman–Crippen LogP) is 1.95. The highest BCUT2D eigenvalue weighted by molar-refractivity contribution is 4.93. The molecule has 9 heavy (non-hydrogen) atoms. The van der Waals surface area contributed by atoms with E-state index >= 15 is 0 Å². The van der Waals surface area contributed by atoms with E-state index in [4.69, 9.17) is 4.74 Å². The zero-order valence-corrected chi connectivity index (χ0v) is 5.73. The Morgan fingerprint density at radius 2 is 2.44 bits per heavy atom. The van der Waals surface area contributed by atoms with E-state index in [1.165, 1.54) is 0 Å². The van der Waals surface area contributed by atoms with E-state index in [9.17, 15) is 0 Å². The maximum Gasteiger partial charge on any atom is 0.0718 e. The van der Waals surface area contributed by atoms with Crippen molar-refractivity contribution in [3.8, 4) is 0 Å². The Kier molecular flexibility index (Phi) is 1.91. The van der Waals surface area contributed by atoms with Crippen molar-refractivity contribution in [3.05, 3.63) is 19.6 Å². The highest BCUT2D eigenvalue weighted by atomic mass is 16.5. The first kappa shape index (κ1) is 6.81. The van der Waals surface area contributed by atoms with Gasteiger partial charge in [0.1, 0.15) is 0 Å². The molecule has 1 aliphatic rings. The van der Waals surface area contributed by atoms with Crippen molar-refractivity contribution >= 4 is 0 Å². The Bertz CT molecular complexity index is 101. The summed E-state index contributed by atoms with van der Waals surface area (Å²) in [4.78, 5) is 0. The molecular weight excluding hydrogens is 112 g/mol. The second kappa shape index (κ2) is 2.53. The van der Waals surface area contributed by atoms with Crippen LogP contribution in [-0.2, 0) is 4.74 Å². The van der Waals surface area contributed by atoms with Crippen molar-refractivity contribution in [1.29, 1.82) is 0 Å². The van der Waals surface area contributed by atoms with Gasteiger partial charge in [-0.1, -0.05) is 6.08 Å². The fourth-order valence-electron chi connectivity index (χ4n) is 1.18. The molecule has 1 heterocycles. The van der Waals surface area contributed by atoms with Gasteiger partial charge in [0, 0.05) is 6.61 Å². The maximum atomic E-state index is 5.40. The van der Waals surface area contributed by atoms with Crippen LogP contribution in [0.5, 0.6) is 0 Å². The van der Waals surface area contributed by atoms with Crippen LogP contribution in [0.2, 0.25) is 0 Å². The average Bonchev–Trinajstić information content (AvgIpc) is 2.16. The van der Waals surface area contributed by atoms with Gasteiger partial charge in [0.25, 0.3) is 0 Å². The molecule has 0 spiro atoms. The zero-order chi connectivity index (χ0) is 6.74. The minimum absolute atomic E-state index is 0.123. The van der Waals surface area contributed by atoms with Crippen LogP contribution in [0, 0.1) is 6.92 Å². The van der Waals surface area contributed by atoms with E-state index in [-0.39, 0.29) is 5.60 Å². The highest BCUT2D eigenvalue weighted by Gasteiger charge is 2.27. The first-order chi connectivity index (χ1) is 4.27. The molecule has 1 atom stereocenters. The molecule has 0 aliphatic carbocycles. The van der Waals surface area contributed by atoms with Gasteiger partial charge in [-0.2, -0.15) is 0 Å². The molecule has 1 unspecified atom stereocenters. The Morgan fingerprint density at radius 3 is 2.89 bits per heavy atom. The summed E-state index contributed by atoms with van der Waals surface area (Å²) in [5.41, 5.74) is -0.123. The summed E-state index contributed by atoms with van der Waals surface area (Å²) in [5.74, 6) is 0. The fraction of sp³-hybridized carbons (Fsp3) is 0.625. The molecule has 0 N–H and O–H groups in total. The van der Waals surface area contributed by atoms with Gasteiger partial charge in [-0.15, -0.1) is 6.58 Å². The summed E-state index contributed by atoms with van der Waals surface area (Å²) in [6.45, 7) is 8.49. The minimum atomic E-state index is -0.123. The summed E-state index contributed by atoms with van der Waals surface area (Å²) in [5, 5.41) is 0. The van der Waals surface area contributed by atoms with Gasteiger partial charge in [0.2, 0.25) is 0 Å². The van der Waals surface area contributed by atoms with Crippen molar-refractivity contribution in [1.82, 2.24) is 0 Å². The lowest BCUT2D eigenvalue weighted by atomic mass is 9.99. The van der Waals surface area contributed by atoms with Gasteiger partial charge >= 0.3 is 0 Å². The lowest BCUT2D eigenvalue weighted by Crippen LogP contribution is -2.21. The van der Waals surface area contributed by atoms with E-state index < -0.39 is 0 Å². The van der Waals surface area contributed by atoms with Gasteiger partial charge in [-0.3, -0.25) is 0 Å². The van der Waals surface area contributed by atoms with Gasteiger partial charge in [0.15, 0.2) is 0 Å². The third-order valence-electron chi connectivity index (χ3n) is 1.70. The van der Waals surface area contributed by atoms with Crippen molar-refractivity contribution in [3.63, 3.8) is 0 Å². The lowest BCUT2D eigenvalue weighted by Gasteiger charge is -2.19. The molecular formula is C8H13O. The molecule has 0 aromatic heterocycles. The average molecular weight is 125 g/mol. The number of ether oxygens (including phenoxy) is 1. The molecule has 1 saturated heterocycles. The van der Waals surface area contributed by atoms with Crippen LogP contribution in [0.3, 0.4) is 0 Å². The monoisotopic (exact) mass is 125 g/mol. The summed E-state index contributed by atoms with van der Waals surface area (Å²) in [7, 11) is 0. The second-order valence-electron chi connectivity index (χ2n) is 2.63. The van der Waals surface area contributed by atoms with Crippen molar-refractivity contribution < 1.29 is 4.74 Å². The lowest BCUT2D eigenvalue weighted by molar-refractivity contribution is 0.0456. The molecule has 0 aromatic carbocycles. The van der Waals surface area contributed by atoms with E-state index in [0.717, 1.165) is 25.9 Å². The van der Waals surface area contributed by atoms with Crippen LogP contribution in [0.1, 0.15) is 19.3 Å². The second-order valence-corrected chi connectivity index (χ2v) is 2.63. The summed E-state index contributed by atoms with van der Waals surface area (Å²) in [6, 6.07) is 0. The summed E-state index contributed by atoms with van der Waals surface area (Å²) in [6.07, 6.45) is 4.99. The quantitative estimate of drug-likeness (QED) is 0.512. The molecule has 0 saturated carbocycles. The van der Waals surface area contributed by atoms with E-state index in [1.807, 2.05) is 6.08 Å². The third-order valence-corrected chi connectivity index (χ3v) is 1.70. The van der Waals surface area contributed by atoms with Crippen LogP contribution >= 0.6 is 0 Å². The van der Waals surface area contributed by atoms with Gasteiger partial charge in [0.05, 0.1) is 5.60 Å². The van der Waals surface area contributed by atoms with E-state index in [0.29, 0.717) is 0 Å². The summed E-state index contributed by atoms with van der Waals surface area (Å²) >= 11 is 0. The molecule has 0 bridgehead atoms. The van der Waals surface area contributed by atoms with E-state index in [1.54, 1.807) is 0 Å². The predicted molar refractivity (Wildman–Crippen MR) is 38.1 cm³/mol. The number of rotatable bonds is 2. The van der Waals surface area contributed by atoms with E-state index in [2.05, 4.69) is 13.5 Å². The molecule has 1 radical (unpaired) electrons. The topological polar surface area (TPSA) is 9.23 Å². The van der Waals surface area contributed by atoms with Gasteiger partial charge in [-0.25, -0.2) is 0 Å². The molecule has 1 rings (SSSR count). The standard InChI is InChI=1S/C8H13O/c1-3-5-8(2)6-4-7-9-8/h3H,1-2,4-7H2. The molecule has 0 amide bonds. The van der Waals surface area contributed by atoms with Gasteiger partial charge in [-0.05, 0) is 26.2 Å². The van der Waals surface area contributed by atoms with Crippen molar-refractivity contribution in [2.75, 3.05) is 6.61 Å². The molecule has 0 aromatic rings. The smallest absolute Gasteiger partial charge is 0.0718 e. The van der Waals surface area contributed by atoms with Crippen LogP contribution in [-0.4, -0.2) is 12.2 Å². The largest absolute Gasteiger partial charge is 0.375 e. The molecule has 51 valence electrons. The van der Waals surface area contributed by atoms with Crippen LogP contribution in [0.4, 0.5) is 0 Å². The fourth-order valence-corrected chi connectivity index (χ4v) is 1.18.